The second-order valence-corrected chi connectivity index (χ2v) is 5.92. The van der Waals surface area contributed by atoms with Gasteiger partial charge in [0.2, 0.25) is 5.91 Å². The fraction of sp³-hybridized carbons (Fsp3) is 0.600. The molecule has 0 bridgehead atoms. The van der Waals surface area contributed by atoms with Crippen LogP contribution in [0.5, 0.6) is 0 Å². The summed E-state index contributed by atoms with van der Waals surface area (Å²) in [7, 11) is 0. The van der Waals surface area contributed by atoms with E-state index in [9.17, 15) is 28.0 Å². The van der Waals surface area contributed by atoms with Crippen molar-refractivity contribution in [2.24, 2.45) is 0 Å². The highest BCUT2D eigenvalue weighted by atomic mass is 19.4. The minimum Gasteiger partial charge on any atom is -0.336 e. The highest BCUT2D eigenvalue weighted by Gasteiger charge is 2.37. The second kappa shape index (κ2) is 6.63. The van der Waals surface area contributed by atoms with Gasteiger partial charge in [0.1, 0.15) is 11.6 Å². The van der Waals surface area contributed by atoms with Crippen LogP contribution >= 0.6 is 0 Å². The van der Waals surface area contributed by atoms with E-state index in [0.717, 1.165) is 25.3 Å². The molecule has 1 saturated carbocycles. The lowest BCUT2D eigenvalue weighted by molar-refractivity contribution is -0.143. The number of halogens is 3. The summed E-state index contributed by atoms with van der Waals surface area (Å²) in [4.78, 5) is 24.1. The molecule has 130 valence electrons. The number of rotatable bonds is 3. The molecule has 1 aliphatic rings. The number of aromatic nitrogens is 2. The number of alkyl halides is 3. The van der Waals surface area contributed by atoms with E-state index in [-0.39, 0.29) is 0 Å². The van der Waals surface area contributed by atoms with Crippen molar-refractivity contribution >= 4 is 5.91 Å². The first kappa shape index (κ1) is 18.0. The number of hydrogen-bond donors (Lipinski definition) is 1. The molecular weight excluding hydrogens is 325 g/mol. The van der Waals surface area contributed by atoms with E-state index in [4.69, 9.17) is 0 Å². The molecule has 0 radical (unpaired) electrons. The lowest BCUT2D eigenvalue weighted by atomic mass is 9.82. The molecule has 2 rings (SSSR count). The quantitative estimate of drug-likeness (QED) is 0.912. The van der Waals surface area contributed by atoms with E-state index in [0.29, 0.717) is 23.6 Å². The number of hydrogen-bond acceptors (Lipinski definition) is 4. The van der Waals surface area contributed by atoms with Crippen molar-refractivity contribution in [1.82, 2.24) is 15.1 Å². The van der Waals surface area contributed by atoms with E-state index < -0.39 is 34.9 Å². The number of nitrogens with zero attached hydrogens (tertiary/aromatic N) is 3. The van der Waals surface area contributed by atoms with E-state index in [1.807, 2.05) is 0 Å². The first-order valence-electron chi connectivity index (χ1n) is 7.59. The molecule has 0 spiro atoms. The van der Waals surface area contributed by atoms with Gasteiger partial charge in [-0.2, -0.15) is 23.5 Å². The highest BCUT2D eigenvalue weighted by molar-refractivity contribution is 5.81. The average molecular weight is 342 g/mol. The Morgan fingerprint density at radius 3 is 2.54 bits per heavy atom. The normalized spacial score (nSPS) is 18.5. The van der Waals surface area contributed by atoms with Crippen LogP contribution in [-0.2, 0) is 11.0 Å². The van der Waals surface area contributed by atoms with E-state index in [1.54, 1.807) is 0 Å². The number of amides is 1. The summed E-state index contributed by atoms with van der Waals surface area (Å²) in [5, 5.41) is 15.2. The lowest BCUT2D eigenvalue weighted by Gasteiger charge is -2.32. The molecule has 1 aromatic rings. The van der Waals surface area contributed by atoms with Crippen molar-refractivity contribution < 1.29 is 18.0 Å². The minimum absolute atomic E-state index is 0.479. The molecule has 1 aliphatic carbocycles. The number of nitrogens with one attached hydrogen (secondary N) is 1. The summed E-state index contributed by atoms with van der Waals surface area (Å²) in [5.74, 6) is -0.702. The molecule has 1 fully saturated rings. The first-order valence-corrected chi connectivity index (χ1v) is 7.59. The third kappa shape index (κ3) is 3.75. The first-order chi connectivity index (χ1) is 11.2. The second-order valence-electron chi connectivity index (χ2n) is 5.92. The van der Waals surface area contributed by atoms with Crippen LogP contribution in [0.25, 0.3) is 0 Å². The van der Waals surface area contributed by atoms with Crippen LogP contribution in [0.3, 0.4) is 0 Å². The van der Waals surface area contributed by atoms with Gasteiger partial charge in [0.25, 0.3) is 5.56 Å². The molecule has 1 aromatic heterocycles. The largest absolute Gasteiger partial charge is 0.435 e. The molecule has 9 heteroatoms. The summed E-state index contributed by atoms with van der Waals surface area (Å²) in [5.41, 5.74) is -3.11. The Morgan fingerprint density at radius 2 is 2.00 bits per heavy atom. The molecule has 24 heavy (non-hydrogen) atoms. The van der Waals surface area contributed by atoms with Crippen LogP contribution in [0.2, 0.25) is 0 Å². The van der Waals surface area contributed by atoms with Crippen LogP contribution in [0.4, 0.5) is 13.2 Å². The van der Waals surface area contributed by atoms with Gasteiger partial charge < -0.3 is 5.32 Å². The van der Waals surface area contributed by atoms with Crippen molar-refractivity contribution in [3.63, 3.8) is 0 Å². The SMILES string of the molecule is CC(C(=O)NC1(C#N)CCCCC1)n1nc(C(F)(F)F)ccc1=O. The van der Waals surface area contributed by atoms with Crippen molar-refractivity contribution in [1.29, 1.82) is 5.26 Å². The van der Waals surface area contributed by atoms with Gasteiger partial charge >= 0.3 is 6.18 Å². The number of carbonyl (C=O) groups is 1. The van der Waals surface area contributed by atoms with E-state index in [1.165, 1.54) is 6.92 Å². The molecule has 6 nitrogen and oxygen atoms in total. The third-order valence-corrected chi connectivity index (χ3v) is 4.15. The maximum absolute atomic E-state index is 12.7. The Labute approximate surface area is 136 Å². The summed E-state index contributed by atoms with van der Waals surface area (Å²) in [6.07, 6.45) is -1.24. The molecule has 0 saturated heterocycles. The van der Waals surface area contributed by atoms with Gasteiger partial charge in [-0.25, -0.2) is 4.68 Å². The Morgan fingerprint density at radius 1 is 1.38 bits per heavy atom. The number of nitriles is 1. The fourth-order valence-corrected chi connectivity index (χ4v) is 2.73. The van der Waals surface area contributed by atoms with Gasteiger partial charge in [-0.1, -0.05) is 19.3 Å². The van der Waals surface area contributed by atoms with Gasteiger partial charge in [0.15, 0.2) is 5.69 Å². The maximum Gasteiger partial charge on any atom is 0.435 e. The predicted octanol–water partition coefficient (Wildman–Crippen LogP) is 2.17. The van der Waals surface area contributed by atoms with Crippen molar-refractivity contribution in [3.8, 4) is 6.07 Å². The smallest absolute Gasteiger partial charge is 0.336 e. The summed E-state index contributed by atoms with van der Waals surface area (Å²) >= 11 is 0. The monoisotopic (exact) mass is 342 g/mol. The van der Waals surface area contributed by atoms with Crippen LogP contribution in [0, 0.1) is 11.3 Å². The predicted molar refractivity (Wildman–Crippen MR) is 77.8 cm³/mol. The molecule has 1 atom stereocenters. The molecule has 1 N–H and O–H groups in total. The van der Waals surface area contributed by atoms with Gasteiger partial charge in [0, 0.05) is 6.07 Å². The summed E-state index contributed by atoms with van der Waals surface area (Å²) in [6, 6.07) is 2.12. The standard InChI is InChI=1S/C15H17F3N4O2/c1-10(13(24)20-14(9-19)7-3-2-4-8-14)22-12(23)6-5-11(21-22)15(16,17)18/h5-6,10H,2-4,7-8H2,1H3,(H,20,24). The van der Waals surface area contributed by atoms with Crippen molar-refractivity contribution in [3.05, 3.63) is 28.2 Å². The van der Waals surface area contributed by atoms with Crippen LogP contribution in [0.15, 0.2) is 16.9 Å². The molecule has 0 aromatic carbocycles. The molecule has 1 heterocycles. The van der Waals surface area contributed by atoms with E-state index >= 15 is 0 Å². The van der Waals surface area contributed by atoms with Crippen LogP contribution in [-0.4, -0.2) is 21.2 Å². The Hall–Kier alpha value is -2.37. The molecule has 0 aliphatic heterocycles. The summed E-state index contributed by atoms with van der Waals surface area (Å²) in [6.45, 7) is 1.28. The maximum atomic E-state index is 12.7. The molecular formula is C15H17F3N4O2. The zero-order valence-corrected chi connectivity index (χ0v) is 13.1. The van der Waals surface area contributed by atoms with Crippen molar-refractivity contribution in [2.75, 3.05) is 0 Å². The zero-order chi connectivity index (χ0) is 18.0. The highest BCUT2D eigenvalue weighted by Crippen LogP contribution is 2.29. The zero-order valence-electron chi connectivity index (χ0n) is 13.1. The van der Waals surface area contributed by atoms with Gasteiger partial charge in [-0.15, -0.1) is 0 Å². The Bertz CT molecular complexity index is 715. The number of carbonyl (C=O) groups excluding carboxylic acids is 1. The topological polar surface area (TPSA) is 87.8 Å². The van der Waals surface area contributed by atoms with Gasteiger partial charge in [-0.05, 0) is 25.8 Å². The van der Waals surface area contributed by atoms with Gasteiger partial charge in [0.05, 0.1) is 6.07 Å². The lowest BCUT2D eigenvalue weighted by Crippen LogP contribution is -2.51. The van der Waals surface area contributed by atoms with Gasteiger partial charge in [-0.3, -0.25) is 9.59 Å². The van der Waals surface area contributed by atoms with Crippen molar-refractivity contribution in [2.45, 2.75) is 56.8 Å². The molecule has 1 amide bonds. The minimum atomic E-state index is -4.72. The third-order valence-electron chi connectivity index (χ3n) is 4.15. The van der Waals surface area contributed by atoms with Crippen LogP contribution < -0.4 is 10.9 Å². The summed E-state index contributed by atoms with van der Waals surface area (Å²) < 4.78 is 38.7. The Kier molecular flexibility index (Phi) is 4.96. The molecule has 1 unspecified atom stereocenters. The fourth-order valence-electron chi connectivity index (χ4n) is 2.73. The Balaban J connectivity index is 2.25. The van der Waals surface area contributed by atoms with Crippen LogP contribution in [0.1, 0.15) is 50.8 Å². The van der Waals surface area contributed by atoms with E-state index in [2.05, 4.69) is 16.5 Å². The average Bonchev–Trinajstić information content (AvgIpc) is 2.54.